The Kier molecular flexibility index (Phi) is 5.65. The molecule has 1 aromatic carbocycles. The highest BCUT2D eigenvalue weighted by molar-refractivity contribution is 5.99. The van der Waals surface area contributed by atoms with Crippen LogP contribution in [0.5, 0.6) is 0 Å². The Morgan fingerprint density at radius 3 is 2.89 bits per heavy atom. The fourth-order valence-corrected chi connectivity index (χ4v) is 1.71. The van der Waals surface area contributed by atoms with E-state index in [1.165, 1.54) is 0 Å². The summed E-state index contributed by atoms with van der Waals surface area (Å²) in [4.78, 5) is 11.9. The van der Waals surface area contributed by atoms with Gasteiger partial charge in [-0.15, -0.1) is 0 Å². The fraction of sp³-hybridized carbons (Fsp3) is 0.500. The average molecular weight is 250 g/mol. The highest BCUT2D eigenvalue weighted by atomic mass is 16.3. The van der Waals surface area contributed by atoms with Crippen LogP contribution in [-0.2, 0) is 0 Å². The van der Waals surface area contributed by atoms with Gasteiger partial charge in [0.1, 0.15) is 0 Å². The molecular formula is C14H22N2O2. The van der Waals surface area contributed by atoms with Crippen LogP contribution in [-0.4, -0.2) is 24.2 Å². The largest absolute Gasteiger partial charge is 0.398 e. The Hall–Kier alpha value is -1.55. The number of nitrogen functional groups attached to an aromatic ring is 1. The van der Waals surface area contributed by atoms with Crippen LogP contribution in [0.1, 0.15) is 35.7 Å². The third-order valence-corrected chi connectivity index (χ3v) is 2.92. The lowest BCUT2D eigenvalue weighted by Gasteiger charge is -2.10. The molecule has 0 aliphatic heterocycles. The first-order chi connectivity index (χ1) is 8.54. The van der Waals surface area contributed by atoms with Crippen molar-refractivity contribution in [3.05, 3.63) is 29.3 Å². The van der Waals surface area contributed by atoms with E-state index >= 15 is 0 Å². The second-order valence-corrected chi connectivity index (χ2v) is 4.78. The zero-order chi connectivity index (χ0) is 13.5. The molecule has 0 saturated heterocycles. The summed E-state index contributed by atoms with van der Waals surface area (Å²) in [5.41, 5.74) is 7.82. The first-order valence-electron chi connectivity index (χ1n) is 6.29. The van der Waals surface area contributed by atoms with E-state index in [0.717, 1.165) is 18.4 Å². The minimum Gasteiger partial charge on any atom is -0.398 e. The standard InChI is InChI=1S/C14H22N2O2/c1-10-5-6-13(15)12(8-10)14(18)16-7-3-4-11(2)9-17/h5-6,8,11,17H,3-4,7,9,15H2,1-2H3,(H,16,18). The molecule has 1 amide bonds. The van der Waals surface area contributed by atoms with Gasteiger partial charge < -0.3 is 16.2 Å². The van der Waals surface area contributed by atoms with Gasteiger partial charge in [-0.1, -0.05) is 18.6 Å². The number of anilines is 1. The fourth-order valence-electron chi connectivity index (χ4n) is 1.71. The second-order valence-electron chi connectivity index (χ2n) is 4.78. The van der Waals surface area contributed by atoms with Gasteiger partial charge in [0.15, 0.2) is 0 Å². The van der Waals surface area contributed by atoms with Crippen molar-refractivity contribution in [1.29, 1.82) is 0 Å². The zero-order valence-electron chi connectivity index (χ0n) is 11.1. The van der Waals surface area contributed by atoms with E-state index < -0.39 is 0 Å². The minimum absolute atomic E-state index is 0.132. The Bertz CT molecular complexity index is 405. The Labute approximate surface area is 108 Å². The van der Waals surface area contributed by atoms with Gasteiger partial charge in [0.05, 0.1) is 5.56 Å². The van der Waals surface area contributed by atoms with Crippen molar-refractivity contribution in [1.82, 2.24) is 5.32 Å². The maximum Gasteiger partial charge on any atom is 0.253 e. The highest BCUT2D eigenvalue weighted by Gasteiger charge is 2.09. The molecule has 4 nitrogen and oxygen atoms in total. The number of aliphatic hydroxyl groups is 1. The first-order valence-corrected chi connectivity index (χ1v) is 6.29. The second kappa shape index (κ2) is 7.01. The van der Waals surface area contributed by atoms with Crippen LogP contribution in [0.25, 0.3) is 0 Å². The molecule has 0 aromatic heterocycles. The third-order valence-electron chi connectivity index (χ3n) is 2.92. The van der Waals surface area contributed by atoms with Gasteiger partial charge in [0.25, 0.3) is 5.91 Å². The third kappa shape index (κ3) is 4.37. The van der Waals surface area contributed by atoms with Crippen molar-refractivity contribution in [3.63, 3.8) is 0 Å². The molecule has 18 heavy (non-hydrogen) atoms. The van der Waals surface area contributed by atoms with Gasteiger partial charge in [-0.25, -0.2) is 0 Å². The van der Waals surface area contributed by atoms with Crippen molar-refractivity contribution in [2.45, 2.75) is 26.7 Å². The number of aliphatic hydroxyl groups excluding tert-OH is 1. The summed E-state index contributed by atoms with van der Waals surface area (Å²) >= 11 is 0. The SMILES string of the molecule is Cc1ccc(N)c(C(=O)NCCCC(C)CO)c1. The van der Waals surface area contributed by atoms with Crippen LogP contribution < -0.4 is 11.1 Å². The molecule has 0 aliphatic carbocycles. The number of nitrogens with one attached hydrogen (secondary N) is 1. The van der Waals surface area contributed by atoms with Crippen LogP contribution in [0.15, 0.2) is 18.2 Å². The molecule has 1 atom stereocenters. The molecule has 0 radical (unpaired) electrons. The van der Waals surface area contributed by atoms with Crippen molar-refractivity contribution >= 4 is 11.6 Å². The molecule has 100 valence electrons. The van der Waals surface area contributed by atoms with E-state index in [4.69, 9.17) is 10.8 Å². The van der Waals surface area contributed by atoms with Crippen LogP contribution in [0.4, 0.5) is 5.69 Å². The molecular weight excluding hydrogens is 228 g/mol. The van der Waals surface area contributed by atoms with Gasteiger partial charge in [-0.2, -0.15) is 0 Å². The molecule has 0 heterocycles. The molecule has 0 saturated carbocycles. The van der Waals surface area contributed by atoms with Crippen LogP contribution >= 0.6 is 0 Å². The molecule has 0 aliphatic rings. The molecule has 4 N–H and O–H groups in total. The number of hydrogen-bond acceptors (Lipinski definition) is 3. The van der Waals surface area contributed by atoms with Gasteiger partial charge in [-0.3, -0.25) is 4.79 Å². The van der Waals surface area contributed by atoms with Crippen molar-refractivity contribution < 1.29 is 9.90 Å². The molecule has 1 aromatic rings. The molecule has 4 heteroatoms. The molecule has 0 fully saturated rings. The lowest BCUT2D eigenvalue weighted by atomic mass is 10.1. The number of benzene rings is 1. The van der Waals surface area contributed by atoms with Gasteiger partial charge >= 0.3 is 0 Å². The van der Waals surface area contributed by atoms with Crippen molar-refractivity contribution in [3.8, 4) is 0 Å². The summed E-state index contributed by atoms with van der Waals surface area (Å²) in [6.07, 6.45) is 1.76. The van der Waals surface area contributed by atoms with Crippen molar-refractivity contribution in [2.24, 2.45) is 5.92 Å². The molecule has 0 bridgehead atoms. The van der Waals surface area contributed by atoms with E-state index in [2.05, 4.69) is 5.32 Å². The Balaban J connectivity index is 2.43. The maximum absolute atomic E-state index is 11.9. The van der Waals surface area contributed by atoms with Crippen LogP contribution in [0.2, 0.25) is 0 Å². The number of carbonyl (C=O) groups excluding carboxylic acids is 1. The van der Waals surface area contributed by atoms with Gasteiger partial charge in [-0.05, 0) is 37.8 Å². The van der Waals surface area contributed by atoms with Crippen LogP contribution in [0.3, 0.4) is 0 Å². The summed E-state index contributed by atoms with van der Waals surface area (Å²) in [6, 6.07) is 5.42. The lowest BCUT2D eigenvalue weighted by Crippen LogP contribution is -2.25. The Morgan fingerprint density at radius 1 is 1.50 bits per heavy atom. The van der Waals surface area contributed by atoms with E-state index in [1.54, 1.807) is 12.1 Å². The van der Waals surface area contributed by atoms with Crippen LogP contribution in [0, 0.1) is 12.8 Å². The Morgan fingerprint density at radius 2 is 2.22 bits per heavy atom. The predicted molar refractivity (Wildman–Crippen MR) is 73.4 cm³/mol. The maximum atomic E-state index is 11.9. The summed E-state index contributed by atoms with van der Waals surface area (Å²) in [6.45, 7) is 4.72. The lowest BCUT2D eigenvalue weighted by molar-refractivity contribution is 0.0953. The van der Waals surface area contributed by atoms with E-state index in [-0.39, 0.29) is 18.4 Å². The summed E-state index contributed by atoms with van der Waals surface area (Å²) in [5, 5.41) is 11.7. The van der Waals surface area contributed by atoms with Gasteiger partial charge in [0, 0.05) is 18.8 Å². The van der Waals surface area contributed by atoms with E-state index in [0.29, 0.717) is 17.8 Å². The van der Waals surface area contributed by atoms with Gasteiger partial charge in [0.2, 0.25) is 0 Å². The highest BCUT2D eigenvalue weighted by Crippen LogP contribution is 2.13. The van der Waals surface area contributed by atoms with E-state index in [9.17, 15) is 4.79 Å². The number of hydrogen-bond donors (Lipinski definition) is 3. The monoisotopic (exact) mass is 250 g/mol. The summed E-state index contributed by atoms with van der Waals surface area (Å²) in [7, 11) is 0. The summed E-state index contributed by atoms with van der Waals surface area (Å²) in [5.74, 6) is 0.152. The summed E-state index contributed by atoms with van der Waals surface area (Å²) < 4.78 is 0. The normalized spacial score (nSPS) is 12.2. The first kappa shape index (κ1) is 14.5. The van der Waals surface area contributed by atoms with Crippen molar-refractivity contribution in [2.75, 3.05) is 18.9 Å². The smallest absolute Gasteiger partial charge is 0.253 e. The number of carbonyl (C=O) groups is 1. The predicted octanol–water partition coefficient (Wildman–Crippen LogP) is 1.72. The number of nitrogens with two attached hydrogens (primary N) is 1. The molecule has 1 rings (SSSR count). The number of rotatable bonds is 6. The number of aryl methyl sites for hydroxylation is 1. The molecule has 1 unspecified atom stereocenters. The topological polar surface area (TPSA) is 75.4 Å². The average Bonchev–Trinajstić information content (AvgIpc) is 2.36. The number of amides is 1. The zero-order valence-corrected chi connectivity index (χ0v) is 11.1. The minimum atomic E-state index is -0.132. The quantitative estimate of drug-likeness (QED) is 0.531. The molecule has 0 spiro atoms. The van der Waals surface area contributed by atoms with E-state index in [1.807, 2.05) is 19.9 Å².